The van der Waals surface area contributed by atoms with Crippen LogP contribution in [0.15, 0.2) is 29.0 Å². The number of fused-ring (bicyclic) bond motifs is 1. The van der Waals surface area contributed by atoms with E-state index in [2.05, 4.69) is 10.3 Å². The summed E-state index contributed by atoms with van der Waals surface area (Å²) >= 11 is 0. The second-order valence-electron chi connectivity index (χ2n) is 5.16. The molecule has 0 spiro atoms. The maximum absolute atomic E-state index is 11.9. The zero-order valence-corrected chi connectivity index (χ0v) is 11.5. The van der Waals surface area contributed by atoms with Crippen LogP contribution >= 0.6 is 0 Å². The van der Waals surface area contributed by atoms with E-state index in [0.717, 1.165) is 25.7 Å². The van der Waals surface area contributed by atoms with Crippen molar-refractivity contribution in [3.8, 4) is 0 Å². The first-order valence-electron chi connectivity index (χ1n) is 7.02. The second kappa shape index (κ2) is 5.95. The number of rotatable bonds is 4. The molecule has 6 nitrogen and oxygen atoms in total. The maximum Gasteiger partial charge on any atom is 0.338 e. The van der Waals surface area contributed by atoms with Gasteiger partial charge < -0.3 is 14.5 Å². The Kier molecular flexibility index (Phi) is 3.85. The van der Waals surface area contributed by atoms with Crippen molar-refractivity contribution in [2.75, 3.05) is 6.61 Å². The highest BCUT2D eigenvalue weighted by atomic mass is 16.5. The van der Waals surface area contributed by atoms with Crippen LogP contribution in [0.1, 0.15) is 36.0 Å². The predicted octanol–water partition coefficient (Wildman–Crippen LogP) is 2.04. The Hall–Kier alpha value is -2.37. The van der Waals surface area contributed by atoms with E-state index in [-0.39, 0.29) is 18.6 Å². The van der Waals surface area contributed by atoms with Crippen molar-refractivity contribution in [1.82, 2.24) is 10.3 Å². The quantitative estimate of drug-likeness (QED) is 0.871. The Labute approximate surface area is 121 Å². The lowest BCUT2D eigenvalue weighted by Gasteiger charge is -2.11. The minimum Gasteiger partial charge on any atom is -0.452 e. The minimum atomic E-state index is -0.546. The Morgan fingerprint density at radius 1 is 1.33 bits per heavy atom. The van der Waals surface area contributed by atoms with Crippen LogP contribution in [0, 0.1) is 0 Å². The van der Waals surface area contributed by atoms with Gasteiger partial charge >= 0.3 is 5.97 Å². The van der Waals surface area contributed by atoms with Gasteiger partial charge in [-0.2, -0.15) is 0 Å². The van der Waals surface area contributed by atoms with Crippen LogP contribution in [0.25, 0.3) is 11.1 Å². The summed E-state index contributed by atoms with van der Waals surface area (Å²) in [6, 6.07) is 5.05. The number of carbonyl (C=O) groups is 2. The number of hydrogen-bond acceptors (Lipinski definition) is 5. The van der Waals surface area contributed by atoms with E-state index < -0.39 is 5.97 Å². The van der Waals surface area contributed by atoms with Crippen molar-refractivity contribution in [3.05, 3.63) is 30.2 Å². The first-order valence-corrected chi connectivity index (χ1v) is 7.02. The molecular weight excluding hydrogens is 272 g/mol. The maximum atomic E-state index is 11.9. The number of esters is 1. The van der Waals surface area contributed by atoms with Gasteiger partial charge in [-0.15, -0.1) is 0 Å². The first kappa shape index (κ1) is 13.6. The van der Waals surface area contributed by atoms with Gasteiger partial charge in [-0.3, -0.25) is 4.79 Å². The van der Waals surface area contributed by atoms with Crippen LogP contribution in [-0.2, 0) is 9.53 Å². The van der Waals surface area contributed by atoms with Crippen molar-refractivity contribution < 1.29 is 18.7 Å². The van der Waals surface area contributed by atoms with Crippen molar-refractivity contribution >= 4 is 23.0 Å². The molecule has 0 unspecified atom stereocenters. The van der Waals surface area contributed by atoms with Crippen LogP contribution in [0.3, 0.4) is 0 Å². The van der Waals surface area contributed by atoms with Gasteiger partial charge in [-0.05, 0) is 31.0 Å². The average Bonchev–Trinajstić information content (AvgIpc) is 3.14. The molecule has 0 saturated heterocycles. The summed E-state index contributed by atoms with van der Waals surface area (Å²) < 4.78 is 10.1. The number of carbonyl (C=O) groups excluding carboxylic acids is 2. The van der Waals surface area contributed by atoms with Crippen LogP contribution in [-0.4, -0.2) is 29.5 Å². The molecule has 21 heavy (non-hydrogen) atoms. The molecule has 1 aromatic carbocycles. The van der Waals surface area contributed by atoms with Crippen LogP contribution < -0.4 is 5.32 Å². The fraction of sp³-hybridized carbons (Fsp3) is 0.400. The number of hydrogen-bond donors (Lipinski definition) is 1. The smallest absolute Gasteiger partial charge is 0.338 e. The molecule has 2 aromatic rings. The zero-order valence-electron chi connectivity index (χ0n) is 11.5. The molecule has 3 rings (SSSR count). The number of benzene rings is 1. The molecule has 1 fully saturated rings. The van der Waals surface area contributed by atoms with Gasteiger partial charge in [0.05, 0.1) is 5.56 Å². The molecular formula is C15H16N2O4. The van der Waals surface area contributed by atoms with E-state index >= 15 is 0 Å². The summed E-state index contributed by atoms with van der Waals surface area (Å²) in [5.41, 5.74) is 1.53. The largest absolute Gasteiger partial charge is 0.452 e. The van der Waals surface area contributed by atoms with Gasteiger partial charge in [0.1, 0.15) is 5.52 Å². The van der Waals surface area contributed by atoms with E-state index in [1.807, 2.05) is 0 Å². The normalized spacial score (nSPS) is 15.2. The topological polar surface area (TPSA) is 81.4 Å². The third kappa shape index (κ3) is 3.21. The number of aromatic nitrogens is 1. The van der Waals surface area contributed by atoms with E-state index in [0.29, 0.717) is 16.7 Å². The lowest BCUT2D eigenvalue weighted by atomic mass is 10.2. The van der Waals surface area contributed by atoms with Gasteiger partial charge in [0.2, 0.25) is 0 Å². The van der Waals surface area contributed by atoms with Crippen LogP contribution in [0.5, 0.6) is 0 Å². The Morgan fingerprint density at radius 2 is 2.14 bits per heavy atom. The monoisotopic (exact) mass is 288 g/mol. The van der Waals surface area contributed by atoms with E-state index in [9.17, 15) is 9.59 Å². The molecule has 0 aliphatic heterocycles. The Balaban J connectivity index is 1.54. The van der Waals surface area contributed by atoms with E-state index in [1.165, 1.54) is 6.39 Å². The fourth-order valence-electron chi connectivity index (χ4n) is 2.54. The minimum absolute atomic E-state index is 0.224. The Bertz CT molecular complexity index is 658. The summed E-state index contributed by atoms with van der Waals surface area (Å²) in [4.78, 5) is 27.5. The lowest BCUT2D eigenvalue weighted by Crippen LogP contribution is -2.35. The van der Waals surface area contributed by atoms with Crippen LogP contribution in [0.4, 0.5) is 0 Å². The highest BCUT2D eigenvalue weighted by molar-refractivity contribution is 5.94. The van der Waals surface area contributed by atoms with Crippen molar-refractivity contribution in [1.29, 1.82) is 0 Å². The molecule has 1 N–H and O–H groups in total. The summed E-state index contributed by atoms with van der Waals surface area (Å²) in [6.45, 7) is -0.260. The van der Waals surface area contributed by atoms with Gasteiger partial charge in [0, 0.05) is 6.04 Å². The zero-order chi connectivity index (χ0) is 14.7. The number of nitrogens with one attached hydrogen (secondary N) is 1. The number of ether oxygens (including phenoxy) is 1. The van der Waals surface area contributed by atoms with Gasteiger partial charge in [0.15, 0.2) is 18.6 Å². The van der Waals surface area contributed by atoms with Gasteiger partial charge in [-0.1, -0.05) is 12.8 Å². The predicted molar refractivity (Wildman–Crippen MR) is 74.7 cm³/mol. The first-order chi connectivity index (χ1) is 10.2. The van der Waals surface area contributed by atoms with Gasteiger partial charge in [-0.25, -0.2) is 9.78 Å². The molecule has 1 amide bonds. The molecule has 1 aromatic heterocycles. The molecule has 0 radical (unpaired) electrons. The standard InChI is InChI=1S/C15H16N2O4/c18-14(17-11-3-1-2-4-11)8-20-15(19)10-5-6-12-13(7-10)21-9-16-12/h5-7,9,11H,1-4,8H2,(H,17,18). The van der Waals surface area contributed by atoms with Crippen molar-refractivity contribution in [2.45, 2.75) is 31.7 Å². The molecule has 6 heteroatoms. The van der Waals surface area contributed by atoms with Crippen LogP contribution in [0.2, 0.25) is 0 Å². The molecule has 1 aliphatic rings. The molecule has 1 heterocycles. The van der Waals surface area contributed by atoms with Crippen molar-refractivity contribution in [3.63, 3.8) is 0 Å². The summed E-state index contributed by atoms with van der Waals surface area (Å²) in [7, 11) is 0. The van der Waals surface area contributed by atoms with Crippen molar-refractivity contribution in [2.24, 2.45) is 0 Å². The summed E-state index contributed by atoms with van der Waals surface area (Å²) in [5, 5.41) is 2.87. The summed E-state index contributed by atoms with van der Waals surface area (Å²) in [5.74, 6) is -0.800. The average molecular weight is 288 g/mol. The summed E-state index contributed by atoms with van der Waals surface area (Å²) in [6.07, 6.45) is 5.60. The third-order valence-corrected chi connectivity index (χ3v) is 3.62. The number of nitrogens with zero attached hydrogens (tertiary/aromatic N) is 1. The second-order valence-corrected chi connectivity index (χ2v) is 5.16. The number of amides is 1. The molecule has 0 atom stereocenters. The molecule has 110 valence electrons. The third-order valence-electron chi connectivity index (χ3n) is 3.62. The Morgan fingerprint density at radius 3 is 2.95 bits per heavy atom. The van der Waals surface area contributed by atoms with E-state index in [4.69, 9.17) is 9.15 Å². The molecule has 1 saturated carbocycles. The van der Waals surface area contributed by atoms with Gasteiger partial charge in [0.25, 0.3) is 5.91 Å². The molecule has 1 aliphatic carbocycles. The fourth-order valence-corrected chi connectivity index (χ4v) is 2.54. The highest BCUT2D eigenvalue weighted by Crippen LogP contribution is 2.17. The SMILES string of the molecule is O=C(COC(=O)c1ccc2ncoc2c1)NC1CCCC1. The number of oxazole rings is 1. The lowest BCUT2D eigenvalue weighted by molar-refractivity contribution is -0.124. The molecule has 0 bridgehead atoms. The van der Waals surface area contributed by atoms with E-state index in [1.54, 1.807) is 18.2 Å². The highest BCUT2D eigenvalue weighted by Gasteiger charge is 2.18.